The molecule has 1 heterocycles. The Kier molecular flexibility index (Phi) is 6.09. The summed E-state index contributed by atoms with van der Waals surface area (Å²) in [5.41, 5.74) is 1.19. The molecule has 0 aromatic carbocycles. The molecule has 0 spiro atoms. The van der Waals surface area contributed by atoms with E-state index in [1.54, 1.807) is 0 Å². The smallest absolute Gasteiger partial charge is 0.128 e. The molecule has 4 nitrogen and oxygen atoms in total. The van der Waals surface area contributed by atoms with Gasteiger partial charge in [-0.1, -0.05) is 6.07 Å². The van der Waals surface area contributed by atoms with Crippen LogP contribution in [0.2, 0.25) is 0 Å². The van der Waals surface area contributed by atoms with Gasteiger partial charge in [0, 0.05) is 31.4 Å². The Bertz CT molecular complexity index is 337. The van der Waals surface area contributed by atoms with Crippen molar-refractivity contribution in [2.45, 2.75) is 39.3 Å². The van der Waals surface area contributed by atoms with Crippen LogP contribution in [0.1, 0.15) is 38.8 Å². The minimum Gasteiger partial charge on any atom is -0.396 e. The van der Waals surface area contributed by atoms with Gasteiger partial charge in [0.1, 0.15) is 5.82 Å². The Hall–Kier alpha value is -1.13. The molecule has 1 atom stereocenters. The lowest BCUT2D eigenvalue weighted by Gasteiger charge is -2.28. The fourth-order valence-electron chi connectivity index (χ4n) is 1.87. The molecule has 1 aromatic heterocycles. The van der Waals surface area contributed by atoms with Crippen LogP contribution in [-0.4, -0.2) is 36.3 Å². The number of hydrogen-bond acceptors (Lipinski definition) is 4. The minimum atomic E-state index is 0.220. The van der Waals surface area contributed by atoms with Crippen molar-refractivity contribution in [1.29, 1.82) is 0 Å². The molecule has 0 aliphatic rings. The highest BCUT2D eigenvalue weighted by molar-refractivity contribution is 5.40. The van der Waals surface area contributed by atoms with Crippen molar-refractivity contribution in [3.05, 3.63) is 23.9 Å². The number of aliphatic hydroxyl groups is 1. The Labute approximate surface area is 110 Å². The zero-order chi connectivity index (χ0) is 13.5. The molecule has 0 fully saturated rings. The molecule has 0 saturated heterocycles. The molecule has 102 valence electrons. The highest BCUT2D eigenvalue weighted by atomic mass is 16.3. The van der Waals surface area contributed by atoms with Crippen LogP contribution in [0.3, 0.4) is 0 Å². The maximum absolute atomic E-state index is 8.94. The maximum atomic E-state index is 8.94. The fraction of sp³-hybridized carbons (Fsp3) is 0.643. The van der Waals surface area contributed by atoms with Gasteiger partial charge in [-0.25, -0.2) is 4.98 Å². The van der Waals surface area contributed by atoms with E-state index in [9.17, 15) is 0 Å². The van der Waals surface area contributed by atoms with E-state index in [1.165, 1.54) is 5.56 Å². The van der Waals surface area contributed by atoms with Crippen LogP contribution >= 0.6 is 0 Å². The van der Waals surface area contributed by atoms with Gasteiger partial charge in [-0.2, -0.15) is 0 Å². The second kappa shape index (κ2) is 7.34. The van der Waals surface area contributed by atoms with Gasteiger partial charge in [0.05, 0.1) is 0 Å². The van der Waals surface area contributed by atoms with Crippen LogP contribution in [0.4, 0.5) is 5.82 Å². The Morgan fingerprint density at radius 3 is 2.50 bits per heavy atom. The van der Waals surface area contributed by atoms with E-state index in [0.717, 1.165) is 18.8 Å². The monoisotopic (exact) mass is 251 g/mol. The minimum absolute atomic E-state index is 0.220. The van der Waals surface area contributed by atoms with Crippen LogP contribution < -0.4 is 10.2 Å². The summed E-state index contributed by atoms with van der Waals surface area (Å²) in [4.78, 5) is 6.74. The van der Waals surface area contributed by atoms with E-state index in [1.807, 2.05) is 13.2 Å². The third-order valence-electron chi connectivity index (χ3n) is 3.18. The van der Waals surface area contributed by atoms with Gasteiger partial charge in [-0.05, 0) is 45.9 Å². The molecule has 1 unspecified atom stereocenters. The molecule has 4 heteroatoms. The summed E-state index contributed by atoms with van der Waals surface area (Å²) in [6.07, 6.45) is 2.69. The van der Waals surface area contributed by atoms with E-state index < -0.39 is 0 Å². The molecular weight excluding hydrogens is 226 g/mol. The number of aromatic nitrogens is 1. The second-order valence-electron chi connectivity index (χ2n) is 4.82. The summed E-state index contributed by atoms with van der Waals surface area (Å²) in [6, 6.07) is 4.87. The summed E-state index contributed by atoms with van der Waals surface area (Å²) < 4.78 is 0. The van der Waals surface area contributed by atoms with Gasteiger partial charge in [0.2, 0.25) is 0 Å². The average molecular weight is 251 g/mol. The Balaban J connectivity index is 2.80. The summed E-state index contributed by atoms with van der Waals surface area (Å²) in [6.45, 7) is 7.45. The molecule has 0 aliphatic heterocycles. The van der Waals surface area contributed by atoms with E-state index >= 15 is 0 Å². The third-order valence-corrected chi connectivity index (χ3v) is 3.18. The van der Waals surface area contributed by atoms with Crippen molar-refractivity contribution in [2.75, 3.05) is 25.1 Å². The van der Waals surface area contributed by atoms with Crippen molar-refractivity contribution in [3.8, 4) is 0 Å². The molecule has 0 bridgehead atoms. The van der Waals surface area contributed by atoms with Gasteiger partial charge < -0.3 is 15.3 Å². The number of hydrogen-bond donors (Lipinski definition) is 2. The molecule has 0 radical (unpaired) electrons. The number of nitrogens with one attached hydrogen (secondary N) is 1. The van der Waals surface area contributed by atoms with Gasteiger partial charge in [-0.15, -0.1) is 0 Å². The Morgan fingerprint density at radius 1 is 1.33 bits per heavy atom. The number of nitrogens with zero attached hydrogens (tertiary/aromatic N) is 2. The zero-order valence-electron chi connectivity index (χ0n) is 11.8. The van der Waals surface area contributed by atoms with Crippen LogP contribution in [0.5, 0.6) is 0 Å². The van der Waals surface area contributed by atoms with Crippen molar-refractivity contribution in [1.82, 2.24) is 10.3 Å². The van der Waals surface area contributed by atoms with E-state index in [4.69, 9.17) is 5.11 Å². The van der Waals surface area contributed by atoms with Crippen molar-refractivity contribution in [3.63, 3.8) is 0 Å². The van der Waals surface area contributed by atoms with E-state index in [-0.39, 0.29) is 6.61 Å². The maximum Gasteiger partial charge on any atom is 0.128 e. The molecule has 2 N–H and O–H groups in total. The predicted molar refractivity (Wildman–Crippen MR) is 75.9 cm³/mol. The summed E-state index contributed by atoms with van der Waals surface area (Å²) in [5, 5.41) is 12.1. The van der Waals surface area contributed by atoms with Crippen LogP contribution in [0.25, 0.3) is 0 Å². The second-order valence-corrected chi connectivity index (χ2v) is 4.82. The van der Waals surface area contributed by atoms with Crippen molar-refractivity contribution >= 4 is 5.82 Å². The Morgan fingerprint density at radius 2 is 2.06 bits per heavy atom. The quantitative estimate of drug-likeness (QED) is 0.778. The zero-order valence-corrected chi connectivity index (χ0v) is 11.8. The normalized spacial score (nSPS) is 12.8. The first-order valence-electron chi connectivity index (χ1n) is 6.60. The SMILES string of the molecule is CNC(C)c1ccc(N(CCCO)C(C)C)nc1. The van der Waals surface area contributed by atoms with Gasteiger partial charge >= 0.3 is 0 Å². The summed E-state index contributed by atoms with van der Waals surface area (Å²) in [7, 11) is 1.94. The largest absolute Gasteiger partial charge is 0.396 e. The molecule has 0 amide bonds. The van der Waals surface area contributed by atoms with Gasteiger partial charge in [0.25, 0.3) is 0 Å². The lowest BCUT2D eigenvalue weighted by molar-refractivity contribution is 0.288. The highest BCUT2D eigenvalue weighted by Gasteiger charge is 2.12. The lowest BCUT2D eigenvalue weighted by Crippen LogP contribution is -2.33. The standard InChI is InChI=1S/C14H25N3O/c1-11(2)17(8-5-9-18)14-7-6-13(10-16-14)12(3)15-4/h6-7,10-12,15,18H,5,8-9H2,1-4H3. The molecule has 1 rings (SSSR count). The van der Waals surface area contributed by atoms with Crippen molar-refractivity contribution in [2.24, 2.45) is 0 Å². The van der Waals surface area contributed by atoms with Crippen LogP contribution in [-0.2, 0) is 0 Å². The first-order valence-corrected chi connectivity index (χ1v) is 6.60. The fourth-order valence-corrected chi connectivity index (χ4v) is 1.87. The van der Waals surface area contributed by atoms with Crippen LogP contribution in [0.15, 0.2) is 18.3 Å². The number of rotatable bonds is 7. The average Bonchev–Trinajstić information content (AvgIpc) is 2.38. The lowest BCUT2D eigenvalue weighted by atomic mass is 10.1. The molecule has 18 heavy (non-hydrogen) atoms. The van der Waals surface area contributed by atoms with Crippen molar-refractivity contribution < 1.29 is 5.11 Å². The topological polar surface area (TPSA) is 48.4 Å². The number of aliphatic hydroxyl groups excluding tert-OH is 1. The summed E-state index contributed by atoms with van der Waals surface area (Å²) in [5.74, 6) is 0.977. The van der Waals surface area contributed by atoms with Gasteiger partial charge in [-0.3, -0.25) is 0 Å². The summed E-state index contributed by atoms with van der Waals surface area (Å²) >= 11 is 0. The van der Waals surface area contributed by atoms with E-state index in [2.05, 4.69) is 48.1 Å². The van der Waals surface area contributed by atoms with E-state index in [0.29, 0.717) is 12.1 Å². The molecule has 0 aliphatic carbocycles. The first-order chi connectivity index (χ1) is 8.60. The first kappa shape index (κ1) is 14.9. The highest BCUT2D eigenvalue weighted by Crippen LogP contribution is 2.17. The van der Waals surface area contributed by atoms with Crippen LogP contribution in [0, 0.1) is 0 Å². The predicted octanol–water partition coefficient (Wildman–Crippen LogP) is 1.96. The molecule has 0 saturated carbocycles. The molecular formula is C14H25N3O. The number of pyridine rings is 1. The number of anilines is 1. The van der Waals surface area contributed by atoms with Gasteiger partial charge in [0.15, 0.2) is 0 Å². The third kappa shape index (κ3) is 3.96. The molecule has 1 aromatic rings.